The van der Waals surface area contributed by atoms with Crippen LogP contribution < -0.4 is 37.2 Å². The van der Waals surface area contributed by atoms with Gasteiger partial charge in [0.1, 0.15) is 0 Å². The first-order valence-corrected chi connectivity index (χ1v) is 2.49. The van der Waals surface area contributed by atoms with Crippen LogP contribution in [0.1, 0.15) is 11.1 Å². The van der Waals surface area contributed by atoms with Crippen molar-refractivity contribution >= 4 is 0 Å². The van der Waals surface area contributed by atoms with E-state index in [1.54, 1.807) is 0 Å². The van der Waals surface area contributed by atoms with Gasteiger partial charge in [-0.1, -0.05) is 13.8 Å². The van der Waals surface area contributed by atoms with E-state index in [0.717, 1.165) is 0 Å². The third-order valence-corrected chi connectivity index (χ3v) is 1.06. The normalized spacial score (nSPS) is 6.00. The summed E-state index contributed by atoms with van der Waals surface area (Å²) in [5, 5.41) is 0. The average molecular weight is 378 g/mol. The molecule has 0 saturated heterocycles. The number of aryl methyl sites for hydroxylation is 2. The SMILES string of the molecule is Cc1cc[c-](C)c1.[Cl-].[Cl-].[Cl-].[Hf+4]. The summed E-state index contributed by atoms with van der Waals surface area (Å²) in [6.07, 6.45) is 0. The Morgan fingerprint density at radius 3 is 1.73 bits per heavy atom. The standard InChI is InChI=1S/C7H9.3ClH.Hf/c1-6-3-4-7(2)5-6;;;;/h3-5H,1-2H3;3*1H;/q-1;;;;+4/p-3. The Hall–Kier alpha value is 1.09. The van der Waals surface area contributed by atoms with Crippen molar-refractivity contribution < 1.29 is 63.1 Å². The minimum atomic E-state index is 0. The molecule has 11 heavy (non-hydrogen) atoms. The van der Waals surface area contributed by atoms with Crippen molar-refractivity contribution in [2.24, 2.45) is 0 Å². The van der Waals surface area contributed by atoms with Gasteiger partial charge in [-0.05, 0) is 0 Å². The summed E-state index contributed by atoms with van der Waals surface area (Å²) in [5.74, 6) is 0. The summed E-state index contributed by atoms with van der Waals surface area (Å²) < 4.78 is 0. The van der Waals surface area contributed by atoms with Gasteiger partial charge in [0, 0.05) is 0 Å². The zero-order valence-electron chi connectivity index (χ0n) is 6.37. The fourth-order valence-electron chi connectivity index (χ4n) is 0.718. The molecule has 1 aromatic carbocycles. The van der Waals surface area contributed by atoms with Crippen molar-refractivity contribution in [2.75, 3.05) is 0 Å². The Bertz CT molecular complexity index is 146. The Morgan fingerprint density at radius 1 is 1.18 bits per heavy atom. The topological polar surface area (TPSA) is 0 Å². The van der Waals surface area contributed by atoms with E-state index in [0.29, 0.717) is 0 Å². The maximum Gasteiger partial charge on any atom is 4.00 e. The molecule has 4 heteroatoms. The molecule has 0 radical (unpaired) electrons. The fourth-order valence-corrected chi connectivity index (χ4v) is 0.718. The van der Waals surface area contributed by atoms with Crippen LogP contribution >= 0.6 is 0 Å². The average Bonchev–Trinajstić information content (AvgIpc) is 1.87. The van der Waals surface area contributed by atoms with E-state index in [1.165, 1.54) is 11.1 Å². The van der Waals surface area contributed by atoms with E-state index in [1.807, 2.05) is 0 Å². The summed E-state index contributed by atoms with van der Waals surface area (Å²) in [6.45, 7) is 4.21. The van der Waals surface area contributed by atoms with Crippen LogP contribution in [0.15, 0.2) is 18.2 Å². The predicted octanol–water partition coefficient (Wildman–Crippen LogP) is -6.97. The molecule has 1 rings (SSSR count). The smallest absolute Gasteiger partial charge is 1.00 e. The third-order valence-electron chi connectivity index (χ3n) is 1.06. The molecule has 0 bridgehead atoms. The van der Waals surface area contributed by atoms with Crippen LogP contribution in [0.25, 0.3) is 0 Å². The molecule has 0 aliphatic heterocycles. The second-order valence-corrected chi connectivity index (χ2v) is 1.97. The van der Waals surface area contributed by atoms with Crippen LogP contribution in [-0.4, -0.2) is 0 Å². The molecule has 0 amide bonds. The van der Waals surface area contributed by atoms with Gasteiger partial charge in [0.15, 0.2) is 0 Å². The summed E-state index contributed by atoms with van der Waals surface area (Å²) in [7, 11) is 0. The van der Waals surface area contributed by atoms with E-state index in [-0.39, 0.29) is 63.1 Å². The van der Waals surface area contributed by atoms with Crippen molar-refractivity contribution in [1.29, 1.82) is 0 Å². The number of hydrogen-bond acceptors (Lipinski definition) is 0. The molecule has 0 spiro atoms. The first-order chi connectivity index (χ1) is 3.29. The van der Waals surface area contributed by atoms with E-state index in [4.69, 9.17) is 0 Å². The van der Waals surface area contributed by atoms with Crippen molar-refractivity contribution in [3.8, 4) is 0 Å². The molecule has 0 saturated carbocycles. The zero-order chi connectivity index (χ0) is 5.28. The zero-order valence-corrected chi connectivity index (χ0v) is 12.2. The van der Waals surface area contributed by atoms with E-state index in [9.17, 15) is 0 Å². The van der Waals surface area contributed by atoms with Crippen molar-refractivity contribution in [3.63, 3.8) is 0 Å². The van der Waals surface area contributed by atoms with Gasteiger partial charge in [-0.25, -0.2) is 11.6 Å². The second kappa shape index (κ2) is 11.1. The summed E-state index contributed by atoms with van der Waals surface area (Å²) >= 11 is 0. The molecule has 0 nitrogen and oxygen atoms in total. The Morgan fingerprint density at radius 2 is 1.64 bits per heavy atom. The van der Waals surface area contributed by atoms with Gasteiger partial charge in [-0.2, -0.15) is 17.7 Å². The first kappa shape index (κ1) is 22.7. The van der Waals surface area contributed by atoms with Gasteiger partial charge in [-0.3, -0.25) is 0 Å². The van der Waals surface area contributed by atoms with Crippen molar-refractivity contribution in [2.45, 2.75) is 13.8 Å². The van der Waals surface area contributed by atoms with Crippen LogP contribution in [0, 0.1) is 13.8 Å². The van der Waals surface area contributed by atoms with Gasteiger partial charge in [-0.15, -0.1) is 0 Å². The van der Waals surface area contributed by atoms with Crippen molar-refractivity contribution in [3.05, 3.63) is 29.3 Å². The second-order valence-electron chi connectivity index (χ2n) is 1.97. The minimum absolute atomic E-state index is 0. The Balaban J connectivity index is -0.0000000612. The van der Waals surface area contributed by atoms with Gasteiger partial charge >= 0.3 is 25.8 Å². The maximum absolute atomic E-state index is 2.17. The van der Waals surface area contributed by atoms with Gasteiger partial charge in [0.25, 0.3) is 0 Å². The minimum Gasteiger partial charge on any atom is -1.00 e. The molecule has 0 aromatic heterocycles. The molecule has 0 fully saturated rings. The third kappa shape index (κ3) is 9.00. The molecule has 0 atom stereocenters. The molecule has 0 N–H and O–H groups in total. The molecule has 1 aromatic rings. The summed E-state index contributed by atoms with van der Waals surface area (Å²) in [4.78, 5) is 0. The van der Waals surface area contributed by atoms with Crippen molar-refractivity contribution in [1.82, 2.24) is 0 Å². The van der Waals surface area contributed by atoms with Crippen LogP contribution in [-0.2, 0) is 25.8 Å². The first-order valence-electron chi connectivity index (χ1n) is 2.49. The van der Waals surface area contributed by atoms with Gasteiger partial charge in [0.2, 0.25) is 0 Å². The van der Waals surface area contributed by atoms with Crippen LogP contribution in [0.2, 0.25) is 0 Å². The molecule has 0 heterocycles. The quantitative estimate of drug-likeness (QED) is 0.311. The molecule has 0 aliphatic rings. The van der Waals surface area contributed by atoms with Gasteiger partial charge < -0.3 is 37.2 Å². The fraction of sp³-hybridized carbons (Fsp3) is 0.286. The number of rotatable bonds is 0. The molecular weight excluding hydrogens is 369 g/mol. The molecule has 0 unspecified atom stereocenters. The number of halogens is 3. The van der Waals surface area contributed by atoms with E-state index >= 15 is 0 Å². The van der Waals surface area contributed by atoms with Crippen LogP contribution in [0.5, 0.6) is 0 Å². The number of hydrogen-bond donors (Lipinski definition) is 0. The molecular formula is C7H9Cl3Hf. The monoisotopic (exact) mass is 378 g/mol. The van der Waals surface area contributed by atoms with Crippen LogP contribution in [0.4, 0.5) is 0 Å². The van der Waals surface area contributed by atoms with Gasteiger partial charge in [0.05, 0.1) is 0 Å². The maximum atomic E-state index is 2.17. The largest absolute Gasteiger partial charge is 4.00 e. The van der Waals surface area contributed by atoms with Crippen LogP contribution in [0.3, 0.4) is 0 Å². The summed E-state index contributed by atoms with van der Waals surface area (Å²) in [6, 6.07) is 6.41. The van der Waals surface area contributed by atoms with E-state index in [2.05, 4.69) is 32.0 Å². The predicted molar refractivity (Wildman–Crippen MR) is 31.5 cm³/mol. The molecule has 62 valence electrons. The molecule has 0 aliphatic carbocycles. The Labute approximate surface area is 106 Å². The Kier molecular flexibility index (Phi) is 22.9. The van der Waals surface area contributed by atoms with E-state index < -0.39 is 0 Å². The summed E-state index contributed by atoms with van der Waals surface area (Å²) in [5.41, 5.74) is 2.72.